The predicted molar refractivity (Wildman–Crippen MR) is 167 cm³/mol. The number of nitrogens with two attached hydrogens (primary N) is 1. The maximum atomic E-state index is 14.6. The fourth-order valence-electron chi connectivity index (χ4n) is 4.79. The van der Waals surface area contributed by atoms with Crippen LogP contribution in [0.2, 0.25) is 0 Å². The molecule has 6 rings (SSSR count). The lowest BCUT2D eigenvalue weighted by Gasteiger charge is -2.17. The lowest BCUT2D eigenvalue weighted by Crippen LogP contribution is -2.27. The molecule has 5 aromatic heterocycles. The molecule has 44 heavy (non-hydrogen) atoms. The number of pyridine rings is 3. The van der Waals surface area contributed by atoms with E-state index < -0.39 is 26.4 Å². The molecule has 1 aromatic carbocycles. The van der Waals surface area contributed by atoms with Crippen LogP contribution in [-0.4, -0.2) is 50.7 Å². The van der Waals surface area contributed by atoms with E-state index in [2.05, 4.69) is 30.5 Å². The zero-order chi connectivity index (χ0) is 31.4. The van der Waals surface area contributed by atoms with Gasteiger partial charge in [0.1, 0.15) is 22.4 Å². The fourth-order valence-corrected chi connectivity index (χ4v) is 5.42. The number of benzene rings is 1. The summed E-state index contributed by atoms with van der Waals surface area (Å²) in [5.74, 6) is -0.755. The van der Waals surface area contributed by atoms with E-state index in [1.165, 1.54) is 12.1 Å². The molecule has 1 unspecified atom stereocenters. The second-order valence-corrected chi connectivity index (χ2v) is 13.8. The third-order valence-electron chi connectivity index (χ3n) is 7.17. The van der Waals surface area contributed by atoms with Crippen LogP contribution in [0, 0.1) is 11.2 Å². The number of sulfone groups is 1. The van der Waals surface area contributed by atoms with E-state index in [1.807, 2.05) is 45.0 Å². The van der Waals surface area contributed by atoms with Crippen molar-refractivity contribution in [3.63, 3.8) is 0 Å². The quantitative estimate of drug-likeness (QED) is 0.195. The summed E-state index contributed by atoms with van der Waals surface area (Å²) >= 11 is 0. The Morgan fingerprint density at radius 2 is 1.80 bits per heavy atom. The molecule has 13 heteroatoms. The van der Waals surface area contributed by atoms with Gasteiger partial charge in [-0.05, 0) is 54.1 Å². The highest BCUT2D eigenvalue weighted by Crippen LogP contribution is 2.34. The van der Waals surface area contributed by atoms with Gasteiger partial charge in [0.05, 0.1) is 34.5 Å². The first-order valence-electron chi connectivity index (χ1n) is 13.6. The van der Waals surface area contributed by atoms with Crippen LogP contribution in [0.3, 0.4) is 0 Å². The van der Waals surface area contributed by atoms with Gasteiger partial charge in [-0.3, -0.25) is 19.9 Å². The number of nitrogens with zero attached hydrogens (tertiary/aromatic N) is 4. The Labute approximate surface area is 252 Å². The zero-order valence-electron chi connectivity index (χ0n) is 24.3. The Morgan fingerprint density at radius 1 is 1.00 bits per heavy atom. The van der Waals surface area contributed by atoms with Crippen LogP contribution in [0.5, 0.6) is 0 Å². The van der Waals surface area contributed by atoms with Gasteiger partial charge < -0.3 is 16.0 Å². The number of rotatable bonds is 6. The molecule has 1 atom stereocenters. The van der Waals surface area contributed by atoms with E-state index in [9.17, 15) is 17.6 Å². The number of carbonyl (C=O) groups is 1. The van der Waals surface area contributed by atoms with Crippen LogP contribution in [-0.2, 0) is 14.6 Å². The molecule has 0 fully saturated rings. The lowest BCUT2D eigenvalue weighted by molar-refractivity contribution is -0.123. The summed E-state index contributed by atoms with van der Waals surface area (Å²) in [5, 5.41) is 9.71. The maximum Gasteiger partial charge on any atom is 0.229 e. The van der Waals surface area contributed by atoms with Gasteiger partial charge in [-0.25, -0.2) is 17.8 Å². The van der Waals surface area contributed by atoms with Crippen molar-refractivity contribution >= 4 is 43.4 Å². The Bertz CT molecular complexity index is 2180. The molecule has 1 amide bonds. The molecule has 0 bridgehead atoms. The van der Waals surface area contributed by atoms with Crippen molar-refractivity contribution in [3.05, 3.63) is 78.5 Å². The highest BCUT2D eigenvalue weighted by atomic mass is 32.2. The summed E-state index contributed by atoms with van der Waals surface area (Å²) in [7, 11) is -3.65. The lowest BCUT2D eigenvalue weighted by atomic mass is 9.95. The van der Waals surface area contributed by atoms with Crippen molar-refractivity contribution in [1.82, 2.24) is 30.1 Å². The molecule has 6 aromatic rings. The average molecular weight is 613 g/mol. The van der Waals surface area contributed by atoms with Crippen LogP contribution in [0.15, 0.2) is 67.1 Å². The highest BCUT2D eigenvalue weighted by molar-refractivity contribution is 7.90. The molecule has 0 aliphatic rings. The number of aromatic amines is 2. The Hall–Kier alpha value is -5.01. The number of carbonyl (C=O) groups excluding carboxylic acids is 1. The van der Waals surface area contributed by atoms with Crippen LogP contribution in [0.4, 0.5) is 10.1 Å². The first-order chi connectivity index (χ1) is 20.8. The van der Waals surface area contributed by atoms with Crippen molar-refractivity contribution in [2.75, 3.05) is 11.6 Å². The maximum absolute atomic E-state index is 14.6. The Kier molecular flexibility index (Phi) is 7.01. The standard InChI is InChI=1S/C31H29FN8O3S/c1-31(2,3)30(41)36-20-12-18(14-34-15-20)22-5-6-24-27(38-22)28(40-39-24)25-13-21-23(37-25)7-8-35-26(21)16-9-17(11-19(32)10-16)29(33)44(4,42)43/h5-15,29,37H,33H2,1-4H3,(H,36,41)(H,39,40). The van der Waals surface area contributed by atoms with Gasteiger partial charge in [0, 0.05) is 46.1 Å². The minimum absolute atomic E-state index is 0.127. The molecule has 224 valence electrons. The Morgan fingerprint density at radius 3 is 2.55 bits per heavy atom. The van der Waals surface area contributed by atoms with Crippen LogP contribution >= 0.6 is 0 Å². The van der Waals surface area contributed by atoms with E-state index in [0.29, 0.717) is 61.5 Å². The molecule has 0 saturated carbocycles. The third-order valence-corrected chi connectivity index (χ3v) is 8.36. The van der Waals surface area contributed by atoms with E-state index >= 15 is 0 Å². The van der Waals surface area contributed by atoms with E-state index in [1.54, 1.807) is 24.7 Å². The number of halogens is 1. The minimum Gasteiger partial charge on any atom is -0.353 e. The number of nitrogens with one attached hydrogen (secondary N) is 3. The molecule has 5 heterocycles. The van der Waals surface area contributed by atoms with Crippen LogP contribution in [0.1, 0.15) is 31.7 Å². The van der Waals surface area contributed by atoms with Crippen molar-refractivity contribution < 1.29 is 17.6 Å². The summed E-state index contributed by atoms with van der Waals surface area (Å²) in [5.41, 5.74) is 11.4. The summed E-state index contributed by atoms with van der Waals surface area (Å²) < 4.78 is 38.7. The van der Waals surface area contributed by atoms with Crippen LogP contribution in [0.25, 0.3) is 55.8 Å². The number of H-pyrrole nitrogens is 2. The van der Waals surface area contributed by atoms with Crippen molar-refractivity contribution in [2.45, 2.75) is 26.1 Å². The second kappa shape index (κ2) is 10.6. The van der Waals surface area contributed by atoms with Gasteiger partial charge in [0.2, 0.25) is 5.91 Å². The molecule has 0 radical (unpaired) electrons. The zero-order valence-corrected chi connectivity index (χ0v) is 25.1. The molecule has 0 aliphatic heterocycles. The van der Waals surface area contributed by atoms with Crippen molar-refractivity contribution in [1.29, 1.82) is 0 Å². The largest absolute Gasteiger partial charge is 0.353 e. The van der Waals surface area contributed by atoms with Gasteiger partial charge in [0.25, 0.3) is 0 Å². The number of hydrogen-bond donors (Lipinski definition) is 4. The molecule has 0 saturated heterocycles. The molecule has 0 aliphatic carbocycles. The minimum atomic E-state index is -3.65. The molecule has 5 N–H and O–H groups in total. The number of amides is 1. The summed E-state index contributed by atoms with van der Waals surface area (Å²) in [6.07, 6.45) is 5.84. The average Bonchev–Trinajstić information content (AvgIpc) is 3.59. The smallest absolute Gasteiger partial charge is 0.229 e. The molecular weight excluding hydrogens is 583 g/mol. The highest BCUT2D eigenvalue weighted by Gasteiger charge is 2.23. The summed E-state index contributed by atoms with van der Waals surface area (Å²) in [6.45, 7) is 5.51. The summed E-state index contributed by atoms with van der Waals surface area (Å²) in [6, 6.07) is 13.1. The monoisotopic (exact) mass is 612 g/mol. The van der Waals surface area contributed by atoms with Gasteiger partial charge >= 0.3 is 0 Å². The fraction of sp³-hybridized carbons (Fsp3) is 0.194. The van der Waals surface area contributed by atoms with E-state index in [0.717, 1.165) is 12.3 Å². The van der Waals surface area contributed by atoms with Crippen molar-refractivity contribution in [3.8, 4) is 33.9 Å². The first-order valence-corrected chi connectivity index (χ1v) is 15.6. The topological polar surface area (TPSA) is 172 Å². The molecule has 0 spiro atoms. The van der Waals surface area contributed by atoms with Gasteiger partial charge in [0.15, 0.2) is 9.84 Å². The van der Waals surface area contributed by atoms with Crippen LogP contribution < -0.4 is 11.1 Å². The number of aromatic nitrogens is 6. The van der Waals surface area contributed by atoms with Crippen molar-refractivity contribution in [2.24, 2.45) is 11.1 Å². The predicted octanol–water partition coefficient (Wildman–Crippen LogP) is 5.36. The van der Waals surface area contributed by atoms with Gasteiger partial charge in [-0.15, -0.1) is 0 Å². The van der Waals surface area contributed by atoms with Gasteiger partial charge in [-0.1, -0.05) is 20.8 Å². The number of fused-ring (bicyclic) bond motifs is 2. The second-order valence-electron chi connectivity index (χ2n) is 11.7. The molecular formula is C31H29FN8O3S. The normalized spacial score (nSPS) is 13.0. The summed E-state index contributed by atoms with van der Waals surface area (Å²) in [4.78, 5) is 29.5. The number of hydrogen-bond acceptors (Lipinski definition) is 8. The molecule has 11 nitrogen and oxygen atoms in total. The van der Waals surface area contributed by atoms with Gasteiger partial charge in [-0.2, -0.15) is 5.10 Å². The SMILES string of the molecule is CC(C)(C)C(=O)Nc1cncc(-c2ccc3[nH]nc(-c4cc5c(-c6cc(F)cc(C(N)S(C)(=O)=O)c6)nccc5[nH]4)c3n2)c1. The first kappa shape index (κ1) is 29.1. The Balaban J connectivity index is 1.40. The number of anilines is 1. The van der Waals surface area contributed by atoms with E-state index in [4.69, 9.17) is 10.7 Å². The third kappa shape index (κ3) is 5.54. The van der Waals surface area contributed by atoms with E-state index in [-0.39, 0.29) is 11.5 Å².